The molecule has 0 radical (unpaired) electrons. The molecule has 5 rings (SSSR count). The summed E-state index contributed by atoms with van der Waals surface area (Å²) in [5, 5.41) is 2.41. The Hall–Kier alpha value is -4.33. The normalized spacial score (nSPS) is 18.7. The number of hydrogen-bond acceptors (Lipinski definition) is 6. The number of ether oxygens (including phenoxy) is 2. The second kappa shape index (κ2) is 16.0. The first kappa shape index (κ1) is 35.5. The number of pyridine rings is 1. The molecule has 1 N–H and O–H groups in total. The predicted octanol–water partition coefficient (Wildman–Crippen LogP) is 6.37. The molecule has 0 aliphatic carbocycles. The number of rotatable bonds is 9. The smallest absolute Gasteiger partial charge is 0.387 e. The Morgan fingerprint density at radius 1 is 1.00 bits per heavy atom. The van der Waals surface area contributed by atoms with E-state index >= 15 is 0 Å². The molecule has 2 aliphatic heterocycles. The van der Waals surface area contributed by atoms with E-state index in [9.17, 15) is 35.9 Å². The van der Waals surface area contributed by atoms with Gasteiger partial charge in [-0.15, -0.1) is 0 Å². The van der Waals surface area contributed by atoms with Crippen LogP contribution in [0.5, 0.6) is 11.5 Å². The number of anilines is 1. The maximum absolute atomic E-state index is 14.7. The number of alkyl halides is 4. The van der Waals surface area contributed by atoms with Crippen LogP contribution in [0, 0.1) is 11.6 Å². The lowest BCUT2D eigenvalue weighted by molar-refractivity contribution is -0.117. The van der Waals surface area contributed by atoms with E-state index in [1.807, 2.05) is 12.1 Å². The zero-order valence-electron chi connectivity index (χ0n) is 26.1. The fraction of sp³-hybridized carbons (Fsp3) is 0.424. The third-order valence-electron chi connectivity index (χ3n) is 8.29. The standard InChI is InChI=1S/C24H27F4N3O2.C9H9F2NO2/c1-14-17(24-18(25)10-16(33-2)11-19(24)26)12-23(32)31(14)22-5-3-4-20(29-22)15-6-8-30(9-7-15)13-21(27)28;1-12-8(13)6-2-4-7(5-3-6)14-9(10)11/h3-5,10-11,14-15,17,21H,6-9,12-13H2,1-2H3;2-5,9H,1H3,(H,12,13). The summed E-state index contributed by atoms with van der Waals surface area (Å²) in [4.78, 5) is 31.9. The number of hydrogen-bond donors (Lipinski definition) is 1. The van der Waals surface area contributed by atoms with Crippen LogP contribution in [0.1, 0.15) is 59.6 Å². The Balaban J connectivity index is 0.000000300. The molecule has 14 heteroatoms. The average molecular weight is 667 g/mol. The number of piperidine rings is 1. The number of carbonyl (C=O) groups is 2. The lowest BCUT2D eigenvalue weighted by Crippen LogP contribution is -2.36. The van der Waals surface area contributed by atoms with Gasteiger partial charge < -0.3 is 14.8 Å². The molecular formula is C33H36F6N4O4. The van der Waals surface area contributed by atoms with Crippen LogP contribution in [0.25, 0.3) is 0 Å². The van der Waals surface area contributed by atoms with E-state index < -0.39 is 36.6 Å². The van der Waals surface area contributed by atoms with E-state index in [2.05, 4.69) is 10.1 Å². The Labute approximate surface area is 268 Å². The maximum atomic E-state index is 14.7. The van der Waals surface area contributed by atoms with Crippen LogP contribution in [0.3, 0.4) is 0 Å². The van der Waals surface area contributed by atoms with Gasteiger partial charge in [-0.25, -0.2) is 22.5 Å². The molecule has 2 amide bonds. The molecule has 2 fully saturated rings. The minimum Gasteiger partial charge on any atom is -0.497 e. The highest BCUT2D eigenvalue weighted by Crippen LogP contribution is 2.40. The zero-order valence-corrected chi connectivity index (χ0v) is 26.1. The molecule has 0 saturated carbocycles. The van der Waals surface area contributed by atoms with Gasteiger partial charge in [0.2, 0.25) is 5.91 Å². The first-order valence-corrected chi connectivity index (χ1v) is 15.0. The number of amides is 2. The Bertz CT molecular complexity index is 1500. The van der Waals surface area contributed by atoms with Gasteiger partial charge in [0.25, 0.3) is 12.3 Å². The number of methoxy groups -OCH3 is 1. The van der Waals surface area contributed by atoms with Crippen LogP contribution in [0.2, 0.25) is 0 Å². The van der Waals surface area contributed by atoms with Gasteiger partial charge in [0.1, 0.15) is 29.0 Å². The Morgan fingerprint density at radius 2 is 1.64 bits per heavy atom. The van der Waals surface area contributed by atoms with Crippen molar-refractivity contribution >= 4 is 17.6 Å². The minimum absolute atomic E-state index is 0.0285. The highest BCUT2D eigenvalue weighted by molar-refractivity contribution is 5.96. The summed E-state index contributed by atoms with van der Waals surface area (Å²) in [6.45, 7) is -0.174. The van der Waals surface area contributed by atoms with Gasteiger partial charge in [0, 0.05) is 60.3 Å². The average Bonchev–Trinajstić information content (AvgIpc) is 3.33. The number of nitrogens with zero attached hydrogens (tertiary/aromatic N) is 3. The third kappa shape index (κ3) is 8.93. The Kier molecular flexibility index (Phi) is 12.1. The van der Waals surface area contributed by atoms with Crippen molar-refractivity contribution in [3.05, 3.63) is 83.1 Å². The molecule has 254 valence electrons. The van der Waals surface area contributed by atoms with E-state index in [1.165, 1.54) is 43.3 Å². The van der Waals surface area contributed by atoms with Crippen LogP contribution in [-0.4, -0.2) is 74.6 Å². The fourth-order valence-corrected chi connectivity index (χ4v) is 5.92. The molecule has 47 heavy (non-hydrogen) atoms. The van der Waals surface area contributed by atoms with Crippen molar-refractivity contribution < 1.29 is 45.4 Å². The molecule has 2 aliphatic rings. The summed E-state index contributed by atoms with van der Waals surface area (Å²) in [6, 6.07) is 12.6. The fourth-order valence-electron chi connectivity index (χ4n) is 5.92. The molecule has 0 spiro atoms. The van der Waals surface area contributed by atoms with Crippen LogP contribution in [0.4, 0.5) is 32.2 Å². The van der Waals surface area contributed by atoms with Gasteiger partial charge in [-0.2, -0.15) is 8.78 Å². The molecule has 8 nitrogen and oxygen atoms in total. The van der Waals surface area contributed by atoms with Gasteiger partial charge in [0.15, 0.2) is 0 Å². The SMILES string of the molecule is CNC(=O)c1ccc(OC(F)F)cc1.COc1cc(F)c(C2CC(=O)N(c3cccc(C4CCN(CC(F)F)CC4)n3)C2C)c(F)c1. The molecule has 0 bridgehead atoms. The molecule has 1 aromatic heterocycles. The summed E-state index contributed by atoms with van der Waals surface area (Å²) in [5.74, 6) is -2.00. The van der Waals surface area contributed by atoms with Crippen molar-refractivity contribution in [2.45, 2.75) is 57.1 Å². The van der Waals surface area contributed by atoms with E-state index in [0.29, 0.717) is 37.3 Å². The quantitative estimate of drug-likeness (QED) is 0.268. The number of halogens is 6. The molecule has 2 unspecified atom stereocenters. The Morgan fingerprint density at radius 3 is 2.19 bits per heavy atom. The number of benzene rings is 2. The van der Waals surface area contributed by atoms with Crippen molar-refractivity contribution in [1.82, 2.24) is 15.2 Å². The van der Waals surface area contributed by atoms with E-state index in [4.69, 9.17) is 9.72 Å². The highest BCUT2D eigenvalue weighted by atomic mass is 19.3. The molecular weight excluding hydrogens is 630 g/mol. The van der Waals surface area contributed by atoms with Crippen molar-refractivity contribution in [3.63, 3.8) is 0 Å². The van der Waals surface area contributed by atoms with Crippen LogP contribution in [0.15, 0.2) is 54.6 Å². The van der Waals surface area contributed by atoms with E-state index in [-0.39, 0.29) is 47.8 Å². The molecule has 2 atom stereocenters. The molecule has 3 heterocycles. The first-order chi connectivity index (χ1) is 22.4. The van der Waals surface area contributed by atoms with Gasteiger partial charge in [-0.1, -0.05) is 6.07 Å². The van der Waals surface area contributed by atoms with Crippen LogP contribution >= 0.6 is 0 Å². The highest BCUT2D eigenvalue weighted by Gasteiger charge is 2.42. The van der Waals surface area contributed by atoms with E-state index in [0.717, 1.165) is 17.8 Å². The lowest BCUT2D eigenvalue weighted by Gasteiger charge is -2.32. The van der Waals surface area contributed by atoms with Gasteiger partial charge in [-0.05, 0) is 69.3 Å². The van der Waals surface area contributed by atoms with Crippen molar-refractivity contribution in [2.24, 2.45) is 0 Å². The first-order valence-electron chi connectivity index (χ1n) is 15.0. The molecule has 3 aromatic rings. The minimum atomic E-state index is -2.85. The van der Waals surface area contributed by atoms with Gasteiger partial charge in [0.05, 0.1) is 13.7 Å². The summed E-state index contributed by atoms with van der Waals surface area (Å²) >= 11 is 0. The van der Waals surface area contributed by atoms with E-state index in [1.54, 1.807) is 17.9 Å². The third-order valence-corrected chi connectivity index (χ3v) is 8.29. The van der Waals surface area contributed by atoms with Gasteiger partial charge in [-0.3, -0.25) is 19.4 Å². The van der Waals surface area contributed by atoms with Crippen LogP contribution < -0.4 is 19.7 Å². The maximum Gasteiger partial charge on any atom is 0.387 e. The second-order valence-electron chi connectivity index (χ2n) is 11.2. The second-order valence-corrected chi connectivity index (χ2v) is 11.2. The van der Waals surface area contributed by atoms with Crippen LogP contribution in [-0.2, 0) is 4.79 Å². The van der Waals surface area contributed by atoms with Crippen molar-refractivity contribution in [3.8, 4) is 11.5 Å². The molecule has 2 saturated heterocycles. The largest absolute Gasteiger partial charge is 0.497 e. The summed E-state index contributed by atoms with van der Waals surface area (Å²) < 4.78 is 87.2. The summed E-state index contributed by atoms with van der Waals surface area (Å²) in [6.07, 6.45) is -0.965. The number of likely N-dealkylation sites (tertiary alicyclic amines) is 1. The van der Waals surface area contributed by atoms with Crippen molar-refractivity contribution in [2.75, 3.05) is 38.7 Å². The molecule has 2 aromatic carbocycles. The summed E-state index contributed by atoms with van der Waals surface area (Å²) in [7, 11) is 2.82. The van der Waals surface area contributed by atoms with Gasteiger partial charge >= 0.3 is 6.61 Å². The monoisotopic (exact) mass is 666 g/mol. The lowest BCUT2D eigenvalue weighted by atomic mass is 9.91. The van der Waals surface area contributed by atoms with Crippen molar-refractivity contribution in [1.29, 1.82) is 0 Å². The predicted molar refractivity (Wildman–Crippen MR) is 162 cm³/mol. The number of carbonyl (C=O) groups excluding carboxylic acids is 2. The number of nitrogens with one attached hydrogen (secondary N) is 1. The zero-order chi connectivity index (χ0) is 34.2. The topological polar surface area (TPSA) is 84.0 Å². The number of aromatic nitrogens is 1. The summed E-state index contributed by atoms with van der Waals surface area (Å²) in [5.41, 5.74) is 1.07.